The van der Waals surface area contributed by atoms with Gasteiger partial charge in [-0.3, -0.25) is 0 Å². The Kier molecular flexibility index (Phi) is 3.30. The summed E-state index contributed by atoms with van der Waals surface area (Å²) in [6.07, 6.45) is 0.483. The highest BCUT2D eigenvalue weighted by atomic mass is 19.1. The predicted octanol–water partition coefficient (Wildman–Crippen LogP) is 1.31. The highest BCUT2D eigenvalue weighted by Gasteiger charge is 2.14. The standard InChI is InChI=1S/C10H14FNO2/c1-6-5-7(3-4-12-2)8(11)10(14)9(6)13/h5,12-14H,3-4H2,1-2H3. The van der Waals surface area contributed by atoms with Gasteiger partial charge in [0.2, 0.25) is 0 Å². The summed E-state index contributed by atoms with van der Waals surface area (Å²) in [5.41, 5.74) is 0.891. The Morgan fingerprint density at radius 2 is 2.00 bits per heavy atom. The molecule has 14 heavy (non-hydrogen) atoms. The number of aromatic hydroxyl groups is 2. The first kappa shape index (κ1) is 10.8. The Morgan fingerprint density at radius 1 is 1.36 bits per heavy atom. The molecule has 0 fully saturated rings. The number of phenolic OH excluding ortho intramolecular Hbond substituents is 2. The minimum absolute atomic E-state index is 0.379. The molecule has 0 aromatic heterocycles. The molecule has 1 aromatic carbocycles. The van der Waals surface area contributed by atoms with Gasteiger partial charge in [0.1, 0.15) is 0 Å². The van der Waals surface area contributed by atoms with Crippen molar-refractivity contribution in [2.45, 2.75) is 13.3 Å². The van der Waals surface area contributed by atoms with Crippen molar-refractivity contribution in [2.24, 2.45) is 0 Å². The Labute approximate surface area is 82.2 Å². The fourth-order valence-electron chi connectivity index (χ4n) is 1.28. The maximum Gasteiger partial charge on any atom is 0.194 e. The molecule has 0 amide bonds. The number of nitrogens with one attached hydrogen (secondary N) is 1. The fourth-order valence-corrected chi connectivity index (χ4v) is 1.28. The van der Waals surface area contributed by atoms with Gasteiger partial charge < -0.3 is 15.5 Å². The summed E-state index contributed by atoms with van der Waals surface area (Å²) in [7, 11) is 1.77. The van der Waals surface area contributed by atoms with Gasteiger partial charge in [0.25, 0.3) is 0 Å². The molecule has 0 radical (unpaired) electrons. The van der Waals surface area contributed by atoms with E-state index >= 15 is 0 Å². The second-order valence-corrected chi connectivity index (χ2v) is 3.22. The summed E-state index contributed by atoms with van der Waals surface area (Å²) < 4.78 is 13.3. The number of aryl methyl sites for hydroxylation is 1. The Morgan fingerprint density at radius 3 is 2.57 bits per heavy atom. The van der Waals surface area contributed by atoms with Crippen molar-refractivity contribution in [3.8, 4) is 11.5 Å². The zero-order chi connectivity index (χ0) is 10.7. The van der Waals surface area contributed by atoms with Gasteiger partial charge >= 0.3 is 0 Å². The molecule has 0 saturated carbocycles. The van der Waals surface area contributed by atoms with Crippen molar-refractivity contribution >= 4 is 0 Å². The van der Waals surface area contributed by atoms with Crippen LogP contribution in [0.3, 0.4) is 0 Å². The molecule has 0 saturated heterocycles. The first-order chi connectivity index (χ1) is 6.57. The second kappa shape index (κ2) is 4.28. The normalized spacial score (nSPS) is 10.5. The smallest absolute Gasteiger partial charge is 0.194 e. The molecule has 0 atom stereocenters. The van der Waals surface area contributed by atoms with E-state index in [1.54, 1.807) is 20.0 Å². The van der Waals surface area contributed by atoms with E-state index in [1.807, 2.05) is 0 Å². The van der Waals surface area contributed by atoms with Crippen molar-refractivity contribution in [2.75, 3.05) is 13.6 Å². The maximum atomic E-state index is 13.3. The van der Waals surface area contributed by atoms with Crippen LogP contribution in [-0.2, 0) is 6.42 Å². The first-order valence-corrected chi connectivity index (χ1v) is 4.42. The summed E-state index contributed by atoms with van der Waals surface area (Å²) in [6, 6.07) is 1.54. The van der Waals surface area contributed by atoms with E-state index in [4.69, 9.17) is 0 Å². The molecule has 78 valence electrons. The number of rotatable bonds is 3. The Bertz CT molecular complexity index is 339. The van der Waals surface area contributed by atoms with Gasteiger partial charge in [-0.1, -0.05) is 0 Å². The average molecular weight is 199 g/mol. The lowest BCUT2D eigenvalue weighted by Crippen LogP contribution is -2.11. The number of benzene rings is 1. The van der Waals surface area contributed by atoms with Gasteiger partial charge in [-0.15, -0.1) is 0 Å². The maximum absolute atomic E-state index is 13.3. The lowest BCUT2D eigenvalue weighted by atomic mass is 10.1. The van der Waals surface area contributed by atoms with E-state index < -0.39 is 11.6 Å². The molecular weight excluding hydrogens is 185 g/mol. The summed E-state index contributed by atoms with van der Waals surface area (Å²) in [5, 5.41) is 21.3. The molecule has 0 aliphatic heterocycles. The van der Waals surface area contributed by atoms with Gasteiger partial charge in [0, 0.05) is 0 Å². The SMILES string of the molecule is CNCCc1cc(C)c(O)c(O)c1F. The van der Waals surface area contributed by atoms with E-state index in [9.17, 15) is 14.6 Å². The van der Waals surface area contributed by atoms with Gasteiger partial charge in [0.05, 0.1) is 0 Å². The minimum atomic E-state index is -0.733. The van der Waals surface area contributed by atoms with Crippen LogP contribution in [0.15, 0.2) is 6.07 Å². The van der Waals surface area contributed by atoms with Gasteiger partial charge in [-0.05, 0) is 44.1 Å². The number of phenols is 2. The summed E-state index contributed by atoms with van der Waals surface area (Å²) in [4.78, 5) is 0. The predicted molar refractivity (Wildman–Crippen MR) is 52.1 cm³/mol. The minimum Gasteiger partial charge on any atom is -0.504 e. The molecular formula is C10H14FNO2. The summed E-state index contributed by atoms with van der Waals surface area (Å²) >= 11 is 0. The van der Waals surface area contributed by atoms with Gasteiger partial charge in [0.15, 0.2) is 17.3 Å². The monoisotopic (exact) mass is 199 g/mol. The van der Waals surface area contributed by atoms with E-state index in [1.165, 1.54) is 0 Å². The molecule has 1 aromatic rings. The Hall–Kier alpha value is -1.29. The van der Waals surface area contributed by atoms with Crippen LogP contribution in [0.2, 0.25) is 0 Å². The van der Waals surface area contributed by atoms with Gasteiger partial charge in [-0.25, -0.2) is 4.39 Å². The number of halogens is 1. The van der Waals surface area contributed by atoms with Crippen LogP contribution in [-0.4, -0.2) is 23.8 Å². The van der Waals surface area contributed by atoms with Crippen LogP contribution in [0.25, 0.3) is 0 Å². The third-order valence-corrected chi connectivity index (χ3v) is 2.12. The third-order valence-electron chi connectivity index (χ3n) is 2.12. The van der Waals surface area contributed by atoms with Crippen molar-refractivity contribution in [1.29, 1.82) is 0 Å². The van der Waals surface area contributed by atoms with E-state index in [0.29, 0.717) is 24.1 Å². The van der Waals surface area contributed by atoms with Crippen molar-refractivity contribution in [1.82, 2.24) is 5.32 Å². The second-order valence-electron chi connectivity index (χ2n) is 3.22. The average Bonchev–Trinajstić information content (AvgIpc) is 2.18. The topological polar surface area (TPSA) is 52.5 Å². The molecule has 0 unspecified atom stereocenters. The highest BCUT2D eigenvalue weighted by Crippen LogP contribution is 2.33. The number of hydrogen-bond donors (Lipinski definition) is 3. The largest absolute Gasteiger partial charge is 0.504 e. The molecule has 0 heterocycles. The molecule has 3 N–H and O–H groups in total. The first-order valence-electron chi connectivity index (χ1n) is 4.42. The van der Waals surface area contributed by atoms with E-state index in [2.05, 4.69) is 5.32 Å². The zero-order valence-electron chi connectivity index (χ0n) is 8.26. The molecule has 4 heteroatoms. The molecule has 0 bridgehead atoms. The number of likely N-dealkylation sites (N-methyl/N-ethyl adjacent to an activating group) is 1. The summed E-state index contributed by atoms with van der Waals surface area (Å²) in [6.45, 7) is 2.25. The lowest BCUT2D eigenvalue weighted by molar-refractivity contribution is 0.374. The van der Waals surface area contributed by atoms with Crippen molar-refractivity contribution < 1.29 is 14.6 Å². The molecule has 3 nitrogen and oxygen atoms in total. The number of hydrogen-bond acceptors (Lipinski definition) is 3. The summed E-state index contributed by atoms with van der Waals surface area (Å²) in [5.74, 6) is -1.77. The van der Waals surface area contributed by atoms with Crippen LogP contribution in [0, 0.1) is 12.7 Å². The van der Waals surface area contributed by atoms with Crippen LogP contribution < -0.4 is 5.32 Å². The van der Waals surface area contributed by atoms with Crippen molar-refractivity contribution in [3.63, 3.8) is 0 Å². The van der Waals surface area contributed by atoms with Crippen LogP contribution in [0.4, 0.5) is 4.39 Å². The highest BCUT2D eigenvalue weighted by molar-refractivity contribution is 5.48. The van der Waals surface area contributed by atoms with Crippen LogP contribution in [0.1, 0.15) is 11.1 Å². The van der Waals surface area contributed by atoms with Gasteiger partial charge in [-0.2, -0.15) is 0 Å². The van der Waals surface area contributed by atoms with Crippen LogP contribution >= 0.6 is 0 Å². The van der Waals surface area contributed by atoms with Crippen LogP contribution in [0.5, 0.6) is 11.5 Å². The molecule has 0 spiro atoms. The van der Waals surface area contributed by atoms with E-state index in [0.717, 1.165) is 0 Å². The molecule has 0 aliphatic rings. The lowest BCUT2D eigenvalue weighted by Gasteiger charge is -2.08. The zero-order valence-corrected chi connectivity index (χ0v) is 8.26. The molecule has 0 aliphatic carbocycles. The Balaban J connectivity index is 3.06. The van der Waals surface area contributed by atoms with Crippen molar-refractivity contribution in [3.05, 3.63) is 23.0 Å². The van der Waals surface area contributed by atoms with E-state index in [-0.39, 0.29) is 5.75 Å². The third kappa shape index (κ3) is 1.96. The molecule has 1 rings (SSSR count). The fraction of sp³-hybridized carbons (Fsp3) is 0.400. The quantitative estimate of drug-likeness (QED) is 0.643.